The predicted octanol–water partition coefficient (Wildman–Crippen LogP) is 3.32. The first-order valence-electron chi connectivity index (χ1n) is 9.18. The Kier molecular flexibility index (Phi) is 5.00. The lowest BCUT2D eigenvalue weighted by molar-refractivity contribution is 0.0955. The van der Waals surface area contributed by atoms with Crippen LogP contribution in [0.1, 0.15) is 35.6 Å². The fourth-order valence-corrected chi connectivity index (χ4v) is 4.16. The van der Waals surface area contributed by atoms with E-state index in [-0.39, 0.29) is 23.1 Å². The van der Waals surface area contributed by atoms with E-state index in [4.69, 9.17) is 15.2 Å². The molecule has 1 aromatic carbocycles. The Morgan fingerprint density at radius 1 is 1.36 bits per heavy atom. The van der Waals surface area contributed by atoms with Crippen LogP contribution in [0.15, 0.2) is 51.1 Å². The van der Waals surface area contributed by atoms with Gasteiger partial charge < -0.3 is 19.8 Å². The maximum atomic E-state index is 13.5. The van der Waals surface area contributed by atoms with Crippen molar-refractivity contribution in [1.29, 1.82) is 5.26 Å². The minimum Gasteiger partial charge on any atom is -0.440 e. The molecule has 0 radical (unpaired) electrons. The Labute approximate surface area is 171 Å². The quantitative estimate of drug-likeness (QED) is 0.788. The van der Waals surface area contributed by atoms with Crippen molar-refractivity contribution in [2.75, 3.05) is 6.61 Å². The average molecular weight is 442 g/mol. The Bertz CT molecular complexity index is 1040. The molecule has 6 nitrogen and oxygen atoms in total. The van der Waals surface area contributed by atoms with Gasteiger partial charge in [-0.05, 0) is 37.5 Å². The molecule has 0 unspecified atom stereocenters. The third-order valence-electron chi connectivity index (χ3n) is 5.30. The summed E-state index contributed by atoms with van der Waals surface area (Å²) >= 11 is 3.42. The van der Waals surface area contributed by atoms with Crippen LogP contribution in [0.5, 0.6) is 5.75 Å². The number of pyridine rings is 1. The van der Waals surface area contributed by atoms with E-state index in [0.29, 0.717) is 17.9 Å². The van der Waals surface area contributed by atoms with Crippen molar-refractivity contribution in [1.82, 2.24) is 4.57 Å². The molecule has 2 N–H and O–H groups in total. The van der Waals surface area contributed by atoms with E-state index in [9.17, 15) is 10.1 Å². The summed E-state index contributed by atoms with van der Waals surface area (Å²) in [5, 5.41) is 9.71. The Morgan fingerprint density at radius 3 is 2.75 bits per heavy atom. The van der Waals surface area contributed by atoms with Gasteiger partial charge in [-0.2, -0.15) is 5.26 Å². The summed E-state index contributed by atoms with van der Waals surface area (Å²) in [5.41, 5.74) is 8.15. The average Bonchev–Trinajstić information content (AvgIpc) is 3.18. The summed E-state index contributed by atoms with van der Waals surface area (Å²) in [6.45, 7) is 3.09. The van der Waals surface area contributed by atoms with Crippen molar-refractivity contribution >= 4 is 15.9 Å². The molecule has 1 saturated heterocycles. The maximum absolute atomic E-state index is 13.5. The van der Waals surface area contributed by atoms with E-state index in [1.54, 1.807) is 4.57 Å². The first-order chi connectivity index (χ1) is 13.5. The SMILES string of the molecule is Cc1cc2c(c(=O)n1C[C@H]1CCCO1)[C@H](c1ccc(Br)cc1)C(C#N)=C(N)O2. The number of halogens is 1. The normalized spacial score (nSPS) is 21.2. The number of aryl methyl sites for hydroxylation is 1. The van der Waals surface area contributed by atoms with Crippen LogP contribution >= 0.6 is 15.9 Å². The second-order valence-electron chi connectivity index (χ2n) is 7.09. The van der Waals surface area contributed by atoms with Gasteiger partial charge in [0.05, 0.1) is 24.1 Å². The van der Waals surface area contributed by atoms with Crippen molar-refractivity contribution < 1.29 is 9.47 Å². The lowest BCUT2D eigenvalue weighted by atomic mass is 9.84. The number of nitrogens with two attached hydrogens (primary N) is 1. The molecule has 3 heterocycles. The van der Waals surface area contributed by atoms with Gasteiger partial charge in [0, 0.05) is 22.8 Å². The van der Waals surface area contributed by atoms with Crippen LogP contribution in [-0.2, 0) is 11.3 Å². The van der Waals surface area contributed by atoms with Crippen LogP contribution in [0, 0.1) is 18.3 Å². The topological polar surface area (TPSA) is 90.3 Å². The Morgan fingerprint density at radius 2 is 2.11 bits per heavy atom. The number of hydrogen-bond acceptors (Lipinski definition) is 5. The Hall–Kier alpha value is -2.56. The van der Waals surface area contributed by atoms with Crippen LogP contribution in [0.2, 0.25) is 0 Å². The number of rotatable bonds is 3. The maximum Gasteiger partial charge on any atom is 0.258 e. The number of ether oxygens (including phenoxy) is 2. The highest BCUT2D eigenvalue weighted by atomic mass is 79.9. The highest BCUT2D eigenvalue weighted by Crippen LogP contribution is 2.40. The molecular formula is C21H20BrN3O3. The third-order valence-corrected chi connectivity index (χ3v) is 5.83. The van der Waals surface area contributed by atoms with Gasteiger partial charge in [-0.25, -0.2) is 0 Å². The highest BCUT2D eigenvalue weighted by molar-refractivity contribution is 9.10. The second-order valence-corrected chi connectivity index (χ2v) is 8.01. The molecule has 28 heavy (non-hydrogen) atoms. The first kappa shape index (κ1) is 18.8. The largest absolute Gasteiger partial charge is 0.440 e. The van der Waals surface area contributed by atoms with Crippen molar-refractivity contribution in [2.24, 2.45) is 5.73 Å². The smallest absolute Gasteiger partial charge is 0.258 e. The molecule has 2 aliphatic rings. The van der Waals surface area contributed by atoms with Gasteiger partial charge >= 0.3 is 0 Å². The standard InChI is InChI=1S/C21H20BrN3O3/c1-12-9-17-19(21(26)25(12)11-15-3-2-8-27-15)18(16(10-23)20(24)28-17)13-4-6-14(22)7-5-13/h4-7,9,15,18H,2-3,8,11,24H2,1H3/t15-,18-/m1/s1. The van der Waals surface area contributed by atoms with E-state index >= 15 is 0 Å². The number of nitrogens with zero attached hydrogens (tertiary/aromatic N) is 2. The summed E-state index contributed by atoms with van der Waals surface area (Å²) in [7, 11) is 0. The van der Waals surface area contributed by atoms with Crippen molar-refractivity contribution in [3.63, 3.8) is 0 Å². The highest BCUT2D eigenvalue weighted by Gasteiger charge is 2.34. The van der Waals surface area contributed by atoms with Gasteiger partial charge in [0.25, 0.3) is 5.56 Å². The van der Waals surface area contributed by atoms with Gasteiger partial charge in [0.1, 0.15) is 17.4 Å². The monoisotopic (exact) mass is 441 g/mol. The molecule has 1 aromatic heterocycles. The fraction of sp³-hybridized carbons (Fsp3) is 0.333. The second kappa shape index (κ2) is 7.46. The summed E-state index contributed by atoms with van der Waals surface area (Å²) in [6, 6.07) is 11.5. The van der Waals surface area contributed by atoms with Gasteiger partial charge in [0.2, 0.25) is 5.88 Å². The van der Waals surface area contributed by atoms with Crippen LogP contribution < -0.4 is 16.0 Å². The fourth-order valence-electron chi connectivity index (χ4n) is 3.89. The molecule has 2 aromatic rings. The molecule has 0 saturated carbocycles. The summed E-state index contributed by atoms with van der Waals surface area (Å²) in [5.74, 6) is -0.111. The minimum atomic E-state index is -0.564. The Balaban J connectivity index is 1.89. The number of benzene rings is 1. The van der Waals surface area contributed by atoms with Crippen LogP contribution in [0.25, 0.3) is 0 Å². The number of fused-ring (bicyclic) bond motifs is 1. The molecule has 7 heteroatoms. The van der Waals surface area contributed by atoms with Crippen LogP contribution in [-0.4, -0.2) is 17.3 Å². The zero-order chi connectivity index (χ0) is 19.8. The molecule has 0 amide bonds. The first-order valence-corrected chi connectivity index (χ1v) is 9.98. The zero-order valence-corrected chi connectivity index (χ0v) is 17.0. The molecule has 0 bridgehead atoms. The summed E-state index contributed by atoms with van der Waals surface area (Å²) in [6.07, 6.45) is 1.97. The predicted molar refractivity (Wildman–Crippen MR) is 108 cm³/mol. The third kappa shape index (κ3) is 3.23. The molecule has 4 rings (SSSR count). The molecule has 0 aliphatic carbocycles. The van der Waals surface area contributed by atoms with Gasteiger partial charge in [0.15, 0.2) is 0 Å². The lowest BCUT2D eigenvalue weighted by Gasteiger charge is -2.28. The van der Waals surface area contributed by atoms with E-state index in [1.807, 2.05) is 37.3 Å². The van der Waals surface area contributed by atoms with Gasteiger partial charge in [-0.3, -0.25) is 4.79 Å². The number of allylic oxidation sites excluding steroid dienone is 1. The summed E-state index contributed by atoms with van der Waals surface area (Å²) < 4.78 is 14.0. The molecule has 2 atom stereocenters. The van der Waals surface area contributed by atoms with Gasteiger partial charge in [-0.15, -0.1) is 0 Å². The van der Waals surface area contributed by atoms with Crippen molar-refractivity contribution in [2.45, 2.75) is 38.3 Å². The van der Waals surface area contributed by atoms with E-state index in [2.05, 4.69) is 22.0 Å². The van der Waals surface area contributed by atoms with Crippen molar-refractivity contribution in [3.05, 3.63) is 73.4 Å². The zero-order valence-electron chi connectivity index (χ0n) is 15.4. The molecule has 1 fully saturated rings. The van der Waals surface area contributed by atoms with Gasteiger partial charge in [-0.1, -0.05) is 28.1 Å². The minimum absolute atomic E-state index is 0.0288. The molecule has 144 valence electrons. The molecule has 0 spiro atoms. The van der Waals surface area contributed by atoms with Crippen molar-refractivity contribution in [3.8, 4) is 11.8 Å². The number of aromatic nitrogens is 1. The van der Waals surface area contributed by atoms with Crippen LogP contribution in [0.3, 0.4) is 0 Å². The summed E-state index contributed by atoms with van der Waals surface area (Å²) in [4.78, 5) is 13.5. The number of nitriles is 1. The van der Waals surface area contributed by atoms with Crippen LogP contribution in [0.4, 0.5) is 0 Å². The number of hydrogen-bond donors (Lipinski definition) is 1. The van der Waals surface area contributed by atoms with E-state index in [1.165, 1.54) is 0 Å². The lowest BCUT2D eigenvalue weighted by Crippen LogP contribution is -2.35. The molecular weight excluding hydrogens is 422 g/mol. The van der Waals surface area contributed by atoms with E-state index < -0.39 is 5.92 Å². The van der Waals surface area contributed by atoms with E-state index in [0.717, 1.165) is 35.2 Å². The molecule has 2 aliphatic heterocycles.